The molecule has 1 saturated heterocycles. The molecule has 3 nitrogen and oxygen atoms in total. The molecule has 90 valence electrons. The topological polar surface area (TPSA) is 24.5 Å². The van der Waals surface area contributed by atoms with Gasteiger partial charge in [-0.2, -0.15) is 11.8 Å². The van der Waals surface area contributed by atoms with Crippen molar-refractivity contribution in [1.82, 2.24) is 10.2 Å². The van der Waals surface area contributed by atoms with Gasteiger partial charge in [-0.1, -0.05) is 6.92 Å². The molecule has 1 N–H and O–H groups in total. The largest absolute Gasteiger partial charge is 0.383 e. The molecule has 0 saturated carbocycles. The summed E-state index contributed by atoms with van der Waals surface area (Å²) in [6.07, 6.45) is 1.28. The first-order chi connectivity index (χ1) is 7.31. The SMILES string of the molecule is CCC1CN(C(CNC)COC)CCS1. The molecule has 1 aliphatic heterocycles. The van der Waals surface area contributed by atoms with Crippen molar-refractivity contribution in [3.8, 4) is 0 Å². The summed E-state index contributed by atoms with van der Waals surface area (Å²) in [5.74, 6) is 1.27. The quantitative estimate of drug-likeness (QED) is 0.740. The first-order valence-electron chi connectivity index (χ1n) is 5.81. The van der Waals surface area contributed by atoms with Gasteiger partial charge in [0.25, 0.3) is 0 Å². The van der Waals surface area contributed by atoms with E-state index in [-0.39, 0.29) is 0 Å². The van der Waals surface area contributed by atoms with E-state index in [9.17, 15) is 0 Å². The van der Waals surface area contributed by atoms with E-state index < -0.39 is 0 Å². The maximum atomic E-state index is 5.29. The van der Waals surface area contributed by atoms with Crippen molar-refractivity contribution in [1.29, 1.82) is 0 Å². The lowest BCUT2D eigenvalue weighted by molar-refractivity contribution is 0.0920. The van der Waals surface area contributed by atoms with Crippen LogP contribution >= 0.6 is 11.8 Å². The fraction of sp³-hybridized carbons (Fsp3) is 1.00. The second kappa shape index (κ2) is 7.49. The highest BCUT2D eigenvalue weighted by Crippen LogP contribution is 2.22. The number of hydrogen-bond donors (Lipinski definition) is 1. The zero-order chi connectivity index (χ0) is 11.1. The van der Waals surface area contributed by atoms with Gasteiger partial charge in [0.1, 0.15) is 0 Å². The van der Waals surface area contributed by atoms with Crippen LogP contribution in [0, 0.1) is 0 Å². The summed E-state index contributed by atoms with van der Waals surface area (Å²) in [5, 5.41) is 4.07. The molecule has 15 heavy (non-hydrogen) atoms. The molecule has 2 atom stereocenters. The number of nitrogens with zero attached hydrogens (tertiary/aromatic N) is 1. The lowest BCUT2D eigenvalue weighted by Crippen LogP contribution is -2.50. The van der Waals surface area contributed by atoms with Gasteiger partial charge in [-0.15, -0.1) is 0 Å². The first-order valence-corrected chi connectivity index (χ1v) is 6.85. The summed E-state index contributed by atoms with van der Waals surface area (Å²) in [6, 6.07) is 0.537. The second-order valence-electron chi connectivity index (χ2n) is 4.06. The highest BCUT2D eigenvalue weighted by atomic mass is 32.2. The Morgan fingerprint density at radius 3 is 3.00 bits per heavy atom. The van der Waals surface area contributed by atoms with E-state index in [4.69, 9.17) is 4.74 Å². The van der Waals surface area contributed by atoms with Crippen molar-refractivity contribution in [2.45, 2.75) is 24.6 Å². The van der Waals surface area contributed by atoms with Gasteiger partial charge in [-0.05, 0) is 13.5 Å². The Balaban J connectivity index is 2.42. The van der Waals surface area contributed by atoms with Crippen LogP contribution in [0.3, 0.4) is 0 Å². The van der Waals surface area contributed by atoms with Crippen LogP contribution in [0.1, 0.15) is 13.3 Å². The van der Waals surface area contributed by atoms with Crippen molar-refractivity contribution >= 4 is 11.8 Å². The maximum absolute atomic E-state index is 5.29. The third-order valence-electron chi connectivity index (χ3n) is 2.94. The van der Waals surface area contributed by atoms with Crippen LogP contribution in [0.5, 0.6) is 0 Å². The fourth-order valence-corrected chi connectivity index (χ4v) is 3.25. The molecule has 0 aliphatic carbocycles. The zero-order valence-electron chi connectivity index (χ0n) is 10.2. The smallest absolute Gasteiger partial charge is 0.0630 e. The van der Waals surface area contributed by atoms with Crippen molar-refractivity contribution < 1.29 is 4.74 Å². The summed E-state index contributed by atoms with van der Waals surface area (Å²) >= 11 is 2.12. The highest BCUT2D eigenvalue weighted by Gasteiger charge is 2.24. The molecule has 2 unspecified atom stereocenters. The van der Waals surface area contributed by atoms with E-state index in [2.05, 4.69) is 28.9 Å². The Bertz CT molecular complexity index is 163. The van der Waals surface area contributed by atoms with Gasteiger partial charge in [0.15, 0.2) is 0 Å². The van der Waals surface area contributed by atoms with Crippen LogP contribution < -0.4 is 5.32 Å². The molecule has 1 fully saturated rings. The Kier molecular flexibility index (Phi) is 6.64. The molecule has 0 aromatic rings. The molecule has 1 heterocycles. The number of rotatable bonds is 6. The van der Waals surface area contributed by atoms with Gasteiger partial charge in [0.2, 0.25) is 0 Å². The zero-order valence-corrected chi connectivity index (χ0v) is 11.0. The molecule has 4 heteroatoms. The molecule has 1 rings (SSSR count). The Labute approximate surface area is 97.9 Å². The predicted octanol–water partition coefficient (Wildman–Crippen LogP) is 1.05. The molecular weight excluding hydrogens is 208 g/mol. The molecule has 0 bridgehead atoms. The molecule has 0 aromatic heterocycles. The lowest BCUT2D eigenvalue weighted by atomic mass is 10.2. The number of ether oxygens (including phenoxy) is 1. The number of likely N-dealkylation sites (N-methyl/N-ethyl adjacent to an activating group) is 1. The molecule has 0 radical (unpaired) electrons. The minimum Gasteiger partial charge on any atom is -0.383 e. The van der Waals surface area contributed by atoms with Crippen LogP contribution in [0.25, 0.3) is 0 Å². The minimum absolute atomic E-state index is 0.537. The number of methoxy groups -OCH3 is 1. The summed E-state index contributed by atoms with van der Waals surface area (Å²) in [5.41, 5.74) is 0. The van der Waals surface area contributed by atoms with Gasteiger partial charge in [0, 0.05) is 43.8 Å². The van der Waals surface area contributed by atoms with Crippen LogP contribution in [0.2, 0.25) is 0 Å². The summed E-state index contributed by atoms with van der Waals surface area (Å²) in [4.78, 5) is 2.57. The molecular formula is C11H24N2OS. The van der Waals surface area contributed by atoms with Gasteiger partial charge in [0.05, 0.1) is 6.61 Å². The van der Waals surface area contributed by atoms with Crippen LogP contribution in [0.4, 0.5) is 0 Å². The predicted molar refractivity (Wildman–Crippen MR) is 67.7 cm³/mol. The number of thioether (sulfide) groups is 1. The Morgan fingerprint density at radius 1 is 1.60 bits per heavy atom. The summed E-state index contributed by atoms with van der Waals surface area (Å²) in [6.45, 7) is 6.56. The monoisotopic (exact) mass is 232 g/mol. The Hall–Kier alpha value is 0.230. The highest BCUT2D eigenvalue weighted by molar-refractivity contribution is 8.00. The maximum Gasteiger partial charge on any atom is 0.0630 e. The fourth-order valence-electron chi connectivity index (χ4n) is 2.04. The van der Waals surface area contributed by atoms with Gasteiger partial charge >= 0.3 is 0 Å². The van der Waals surface area contributed by atoms with Crippen molar-refractivity contribution in [2.75, 3.05) is 46.2 Å². The lowest BCUT2D eigenvalue weighted by Gasteiger charge is -2.37. The molecule has 0 spiro atoms. The van der Waals surface area contributed by atoms with Crippen LogP contribution in [-0.4, -0.2) is 62.3 Å². The Morgan fingerprint density at radius 2 is 2.40 bits per heavy atom. The third kappa shape index (κ3) is 4.31. The van der Waals surface area contributed by atoms with E-state index in [0.717, 1.165) is 18.4 Å². The van der Waals surface area contributed by atoms with Gasteiger partial charge in [-0.25, -0.2) is 0 Å². The van der Waals surface area contributed by atoms with Crippen LogP contribution in [0.15, 0.2) is 0 Å². The van der Waals surface area contributed by atoms with Gasteiger partial charge < -0.3 is 10.1 Å². The van der Waals surface area contributed by atoms with E-state index in [1.807, 2.05) is 7.05 Å². The van der Waals surface area contributed by atoms with Gasteiger partial charge in [-0.3, -0.25) is 4.90 Å². The van der Waals surface area contributed by atoms with E-state index >= 15 is 0 Å². The van der Waals surface area contributed by atoms with Crippen molar-refractivity contribution in [2.24, 2.45) is 0 Å². The van der Waals surface area contributed by atoms with E-state index in [1.54, 1.807) is 7.11 Å². The van der Waals surface area contributed by atoms with Crippen molar-refractivity contribution in [3.63, 3.8) is 0 Å². The summed E-state index contributed by atoms with van der Waals surface area (Å²) in [7, 11) is 3.80. The third-order valence-corrected chi connectivity index (χ3v) is 4.31. The summed E-state index contributed by atoms with van der Waals surface area (Å²) < 4.78 is 5.29. The first kappa shape index (κ1) is 13.3. The number of hydrogen-bond acceptors (Lipinski definition) is 4. The second-order valence-corrected chi connectivity index (χ2v) is 5.47. The minimum atomic E-state index is 0.537. The molecule has 0 aromatic carbocycles. The standard InChI is InChI=1S/C11H24N2OS/c1-4-11-8-13(5-6-15-11)10(7-12-2)9-14-3/h10-12H,4-9H2,1-3H3. The molecule has 1 aliphatic rings. The average Bonchev–Trinajstić information content (AvgIpc) is 2.29. The molecule has 0 amide bonds. The van der Waals surface area contributed by atoms with Crippen molar-refractivity contribution in [3.05, 3.63) is 0 Å². The van der Waals surface area contributed by atoms with Crippen LogP contribution in [-0.2, 0) is 4.74 Å². The van der Waals surface area contributed by atoms with E-state index in [1.165, 1.54) is 25.3 Å². The average molecular weight is 232 g/mol. The normalized spacial score (nSPS) is 25.4. The van der Waals surface area contributed by atoms with E-state index in [0.29, 0.717) is 6.04 Å². The number of nitrogens with one attached hydrogen (secondary N) is 1.